The number of amides is 1. The molecule has 1 heterocycles. The first kappa shape index (κ1) is 25.0. The standard InChI is InChI=1S/C25H30N2O4S2/c1-4-27(5-2)33(29,30)24-18-21(13-14-23(24)31-3)25(28)26(19-22-12-9-17-32-22)16-15-20-10-7-6-8-11-20/h6-14,17-18H,4-5,15-16,19H2,1-3H3. The topological polar surface area (TPSA) is 66.9 Å². The minimum Gasteiger partial charge on any atom is -0.495 e. The van der Waals surface area contributed by atoms with Gasteiger partial charge in [-0.25, -0.2) is 8.42 Å². The molecule has 0 saturated carbocycles. The summed E-state index contributed by atoms with van der Waals surface area (Å²) in [6.45, 7) is 5.23. The number of methoxy groups -OCH3 is 1. The van der Waals surface area contributed by atoms with Gasteiger partial charge in [-0.15, -0.1) is 11.3 Å². The van der Waals surface area contributed by atoms with Gasteiger partial charge in [-0.1, -0.05) is 50.2 Å². The van der Waals surface area contributed by atoms with Gasteiger partial charge >= 0.3 is 0 Å². The Labute approximate surface area is 200 Å². The van der Waals surface area contributed by atoms with Crippen LogP contribution in [0.5, 0.6) is 5.75 Å². The van der Waals surface area contributed by atoms with Crippen molar-refractivity contribution in [1.82, 2.24) is 9.21 Å². The predicted molar refractivity (Wildman–Crippen MR) is 132 cm³/mol. The molecule has 0 fully saturated rings. The molecular formula is C25H30N2O4S2. The summed E-state index contributed by atoms with van der Waals surface area (Å²) >= 11 is 1.59. The van der Waals surface area contributed by atoms with E-state index in [9.17, 15) is 13.2 Å². The Bertz CT molecular complexity index is 1140. The van der Waals surface area contributed by atoms with Gasteiger partial charge in [0, 0.05) is 30.1 Å². The molecule has 0 radical (unpaired) electrons. The molecular weight excluding hydrogens is 456 g/mol. The van der Waals surface area contributed by atoms with E-state index in [4.69, 9.17) is 4.74 Å². The van der Waals surface area contributed by atoms with Crippen LogP contribution in [0.4, 0.5) is 0 Å². The third-order valence-electron chi connectivity index (χ3n) is 5.46. The lowest BCUT2D eigenvalue weighted by Crippen LogP contribution is -2.33. The molecule has 0 atom stereocenters. The first-order chi connectivity index (χ1) is 15.9. The molecule has 0 saturated heterocycles. The van der Waals surface area contributed by atoms with Crippen molar-refractivity contribution in [1.29, 1.82) is 0 Å². The fourth-order valence-electron chi connectivity index (χ4n) is 3.65. The summed E-state index contributed by atoms with van der Waals surface area (Å²) in [4.78, 5) is 16.4. The van der Waals surface area contributed by atoms with E-state index in [1.54, 1.807) is 42.2 Å². The van der Waals surface area contributed by atoms with Crippen molar-refractivity contribution in [3.8, 4) is 5.75 Å². The molecule has 0 bridgehead atoms. The number of carbonyl (C=O) groups is 1. The summed E-state index contributed by atoms with van der Waals surface area (Å²) in [6.07, 6.45) is 0.707. The first-order valence-electron chi connectivity index (χ1n) is 10.9. The summed E-state index contributed by atoms with van der Waals surface area (Å²) in [5.74, 6) is 0.0190. The Morgan fingerprint density at radius 3 is 2.33 bits per heavy atom. The number of nitrogens with zero attached hydrogens (tertiary/aromatic N) is 2. The zero-order valence-corrected chi connectivity index (χ0v) is 20.9. The van der Waals surface area contributed by atoms with Crippen LogP contribution < -0.4 is 4.74 Å². The molecule has 3 aromatic rings. The summed E-state index contributed by atoms with van der Waals surface area (Å²) in [6, 6.07) is 18.6. The van der Waals surface area contributed by atoms with E-state index in [0.29, 0.717) is 38.2 Å². The number of hydrogen-bond donors (Lipinski definition) is 0. The second-order valence-corrected chi connectivity index (χ2v) is 10.4. The van der Waals surface area contributed by atoms with Crippen LogP contribution in [0.3, 0.4) is 0 Å². The number of benzene rings is 2. The number of hydrogen-bond acceptors (Lipinski definition) is 5. The third kappa shape index (κ3) is 6.01. The van der Waals surface area contributed by atoms with Crippen molar-refractivity contribution < 1.29 is 17.9 Å². The normalized spacial score (nSPS) is 11.5. The number of thiophene rings is 1. The van der Waals surface area contributed by atoms with Crippen LogP contribution in [0.1, 0.15) is 34.6 Å². The van der Waals surface area contributed by atoms with Gasteiger partial charge in [-0.05, 0) is 41.6 Å². The smallest absolute Gasteiger partial charge is 0.254 e. The van der Waals surface area contributed by atoms with E-state index in [0.717, 1.165) is 10.4 Å². The largest absolute Gasteiger partial charge is 0.495 e. The fourth-order valence-corrected chi connectivity index (χ4v) is 6.01. The monoisotopic (exact) mass is 486 g/mol. The summed E-state index contributed by atoms with van der Waals surface area (Å²) in [7, 11) is -2.36. The highest BCUT2D eigenvalue weighted by Crippen LogP contribution is 2.29. The van der Waals surface area contributed by atoms with E-state index in [1.807, 2.05) is 47.8 Å². The molecule has 0 spiro atoms. The predicted octanol–water partition coefficient (Wildman–Crippen LogP) is 4.67. The summed E-state index contributed by atoms with van der Waals surface area (Å²) in [5.41, 5.74) is 1.46. The molecule has 176 valence electrons. The highest BCUT2D eigenvalue weighted by Gasteiger charge is 2.28. The van der Waals surface area contributed by atoms with Crippen LogP contribution in [0.2, 0.25) is 0 Å². The molecule has 0 aliphatic heterocycles. The molecule has 0 unspecified atom stereocenters. The quantitative estimate of drug-likeness (QED) is 0.395. The Morgan fingerprint density at radius 1 is 1.00 bits per heavy atom. The van der Waals surface area contributed by atoms with E-state index in [-0.39, 0.29) is 16.6 Å². The van der Waals surface area contributed by atoms with Gasteiger partial charge in [0.1, 0.15) is 10.6 Å². The van der Waals surface area contributed by atoms with Gasteiger partial charge in [0.15, 0.2) is 0 Å². The van der Waals surface area contributed by atoms with Crippen molar-refractivity contribution in [3.05, 3.63) is 82.0 Å². The molecule has 1 aromatic heterocycles. The molecule has 0 aliphatic rings. The van der Waals surface area contributed by atoms with Gasteiger partial charge in [0.25, 0.3) is 5.91 Å². The van der Waals surface area contributed by atoms with Crippen molar-refractivity contribution in [2.24, 2.45) is 0 Å². The SMILES string of the molecule is CCN(CC)S(=O)(=O)c1cc(C(=O)N(CCc2ccccc2)Cc2cccs2)ccc1OC. The maximum absolute atomic E-state index is 13.6. The van der Waals surface area contributed by atoms with E-state index in [1.165, 1.54) is 17.5 Å². The second-order valence-electron chi connectivity index (χ2n) is 7.50. The van der Waals surface area contributed by atoms with Crippen LogP contribution in [-0.4, -0.2) is 50.3 Å². The molecule has 1 amide bonds. The lowest BCUT2D eigenvalue weighted by Gasteiger charge is -2.24. The zero-order valence-electron chi connectivity index (χ0n) is 19.2. The lowest BCUT2D eigenvalue weighted by molar-refractivity contribution is 0.0746. The van der Waals surface area contributed by atoms with Gasteiger partial charge < -0.3 is 9.64 Å². The molecule has 33 heavy (non-hydrogen) atoms. The number of sulfonamides is 1. The molecule has 0 aliphatic carbocycles. The minimum absolute atomic E-state index is 0.0127. The van der Waals surface area contributed by atoms with Crippen LogP contribution in [0.15, 0.2) is 70.9 Å². The van der Waals surface area contributed by atoms with Crippen LogP contribution in [0.25, 0.3) is 0 Å². The maximum atomic E-state index is 13.6. The third-order valence-corrected chi connectivity index (χ3v) is 8.39. The summed E-state index contributed by atoms with van der Waals surface area (Å²) < 4.78 is 33.1. The van der Waals surface area contributed by atoms with Crippen molar-refractivity contribution >= 4 is 27.3 Å². The van der Waals surface area contributed by atoms with Gasteiger partial charge in [0.2, 0.25) is 10.0 Å². The Morgan fingerprint density at radius 2 is 1.73 bits per heavy atom. The number of carbonyl (C=O) groups excluding carboxylic acids is 1. The molecule has 0 N–H and O–H groups in total. The highest BCUT2D eigenvalue weighted by molar-refractivity contribution is 7.89. The van der Waals surface area contributed by atoms with Gasteiger partial charge in [-0.2, -0.15) is 4.31 Å². The molecule has 8 heteroatoms. The van der Waals surface area contributed by atoms with Crippen LogP contribution in [0, 0.1) is 0 Å². The molecule has 2 aromatic carbocycles. The number of rotatable bonds is 11. The fraction of sp³-hybridized carbons (Fsp3) is 0.320. The Kier molecular flexibility index (Phi) is 8.66. The van der Waals surface area contributed by atoms with Crippen molar-refractivity contribution in [2.75, 3.05) is 26.7 Å². The van der Waals surface area contributed by atoms with Crippen molar-refractivity contribution in [3.63, 3.8) is 0 Å². The first-order valence-corrected chi connectivity index (χ1v) is 13.3. The summed E-state index contributed by atoms with van der Waals surface area (Å²) in [5, 5.41) is 1.98. The minimum atomic E-state index is -3.79. The maximum Gasteiger partial charge on any atom is 0.254 e. The molecule has 3 rings (SSSR count). The van der Waals surface area contributed by atoms with Crippen LogP contribution in [-0.2, 0) is 23.0 Å². The molecule has 6 nitrogen and oxygen atoms in total. The number of ether oxygens (including phenoxy) is 1. The average Bonchev–Trinajstić information content (AvgIpc) is 3.35. The van der Waals surface area contributed by atoms with Gasteiger partial charge in [0.05, 0.1) is 13.7 Å². The van der Waals surface area contributed by atoms with Crippen molar-refractivity contribution in [2.45, 2.75) is 31.7 Å². The van der Waals surface area contributed by atoms with Gasteiger partial charge in [-0.3, -0.25) is 4.79 Å². The average molecular weight is 487 g/mol. The van der Waals surface area contributed by atoms with E-state index in [2.05, 4.69) is 0 Å². The second kappa shape index (κ2) is 11.4. The van der Waals surface area contributed by atoms with E-state index < -0.39 is 10.0 Å². The lowest BCUT2D eigenvalue weighted by atomic mass is 10.1. The van der Waals surface area contributed by atoms with E-state index >= 15 is 0 Å². The Balaban J connectivity index is 1.94. The Hall–Kier alpha value is -2.68. The highest BCUT2D eigenvalue weighted by atomic mass is 32.2. The zero-order chi connectivity index (χ0) is 23.8. The van der Waals surface area contributed by atoms with Crippen LogP contribution >= 0.6 is 11.3 Å².